The summed E-state index contributed by atoms with van der Waals surface area (Å²) in [6, 6.07) is 17.4. The lowest BCUT2D eigenvalue weighted by atomic mass is 9.93. The van der Waals surface area contributed by atoms with E-state index in [1.165, 1.54) is 23.0 Å². The molecule has 3 aromatic carbocycles. The summed E-state index contributed by atoms with van der Waals surface area (Å²) in [5.41, 5.74) is 2.15. The van der Waals surface area contributed by atoms with Crippen molar-refractivity contribution in [3.05, 3.63) is 110 Å². The largest absolute Gasteiger partial charge is 0.506 e. The maximum absolute atomic E-state index is 14.1. The minimum Gasteiger partial charge on any atom is -0.506 e. The first kappa shape index (κ1) is 29.3. The van der Waals surface area contributed by atoms with Crippen molar-refractivity contribution < 1.29 is 24.1 Å². The molecule has 0 saturated heterocycles. The number of benzene rings is 3. The molecular weight excluding hydrogens is 770 g/mol. The predicted octanol–water partition coefficient (Wildman–Crippen LogP) is 4.87. The van der Waals surface area contributed by atoms with Crippen molar-refractivity contribution in [2.75, 3.05) is 20.8 Å². The van der Waals surface area contributed by atoms with Crippen molar-refractivity contribution in [1.82, 2.24) is 4.57 Å². The minimum absolute atomic E-state index is 0.0884. The molecule has 4 aromatic rings. The fourth-order valence-corrected chi connectivity index (χ4v) is 7.50. The van der Waals surface area contributed by atoms with Gasteiger partial charge in [-0.3, -0.25) is 9.36 Å². The van der Waals surface area contributed by atoms with Crippen molar-refractivity contribution in [2.45, 2.75) is 13.0 Å². The molecule has 0 aliphatic carbocycles. The van der Waals surface area contributed by atoms with Gasteiger partial charge in [0.05, 0.1) is 46.2 Å². The van der Waals surface area contributed by atoms with Crippen LogP contribution >= 0.6 is 56.5 Å². The Kier molecular flexibility index (Phi) is 8.85. The van der Waals surface area contributed by atoms with Gasteiger partial charge in [-0.25, -0.2) is 9.79 Å². The van der Waals surface area contributed by atoms with Gasteiger partial charge in [0.1, 0.15) is 5.75 Å². The van der Waals surface area contributed by atoms with Crippen LogP contribution in [0.5, 0.6) is 17.2 Å². The number of halogens is 2. The number of fused-ring (bicyclic) bond motifs is 1. The number of hydrogen-bond donors (Lipinski definition) is 1. The first-order chi connectivity index (χ1) is 19.8. The fraction of sp³-hybridized carbons (Fsp3) is 0.167. The lowest BCUT2D eigenvalue weighted by Gasteiger charge is -2.26. The molecule has 0 fully saturated rings. The molecule has 11 heteroatoms. The molecule has 0 saturated carbocycles. The highest BCUT2D eigenvalue weighted by molar-refractivity contribution is 14.1. The molecule has 5 rings (SSSR count). The standard InChI is InChI=1S/C30H24I2N2O6S/c1-4-40-29(37)24-25(16-8-6-5-7-9-16)33-30-34(26(24)17-10-11-21(38-2)22(13-17)39-3)28(36)23(41-30)14-18-12-19(31)15-20(32)27(18)35/h5-15,26,35H,4H2,1-3H3/b23-14-/t26-/m0/s1. The van der Waals surface area contributed by atoms with Crippen LogP contribution in [0, 0.1) is 7.14 Å². The number of ether oxygens (including phenoxy) is 3. The second-order valence-corrected chi connectivity index (χ2v) is 12.3. The molecule has 1 aliphatic rings. The number of phenols is 1. The highest BCUT2D eigenvalue weighted by Gasteiger charge is 2.35. The lowest BCUT2D eigenvalue weighted by molar-refractivity contribution is -0.138. The van der Waals surface area contributed by atoms with Gasteiger partial charge in [0.15, 0.2) is 16.3 Å². The Balaban J connectivity index is 1.86. The Bertz CT molecular complexity index is 1860. The van der Waals surface area contributed by atoms with E-state index in [0.29, 0.717) is 46.8 Å². The van der Waals surface area contributed by atoms with Crippen LogP contribution in [-0.4, -0.2) is 36.5 Å². The van der Waals surface area contributed by atoms with E-state index in [0.717, 1.165) is 3.57 Å². The number of rotatable bonds is 7. The molecule has 2 heterocycles. The second kappa shape index (κ2) is 12.4. The molecule has 1 aromatic heterocycles. The van der Waals surface area contributed by atoms with Gasteiger partial charge in [0.25, 0.3) is 5.56 Å². The Hall–Kier alpha value is -3.17. The maximum Gasteiger partial charge on any atom is 0.338 e. The zero-order valence-corrected chi connectivity index (χ0v) is 27.3. The topological polar surface area (TPSA) is 99.4 Å². The molecule has 1 atom stereocenters. The Morgan fingerprint density at radius 3 is 2.49 bits per heavy atom. The Labute approximate surface area is 266 Å². The third-order valence-corrected chi connectivity index (χ3v) is 8.87. The summed E-state index contributed by atoms with van der Waals surface area (Å²) in [5.74, 6) is 0.476. The van der Waals surface area contributed by atoms with Crippen LogP contribution in [0.25, 0.3) is 11.8 Å². The fourth-order valence-electron chi connectivity index (χ4n) is 4.62. The average Bonchev–Trinajstić information content (AvgIpc) is 3.29. The SMILES string of the molecule is CCOC(=O)C1=C(c2ccccc2)N=c2s/c(=C\c3cc(I)cc(I)c3O)c(=O)n2[C@H]1c1ccc(OC)c(OC)c1. The predicted molar refractivity (Wildman–Crippen MR) is 174 cm³/mol. The molecule has 0 radical (unpaired) electrons. The summed E-state index contributed by atoms with van der Waals surface area (Å²) >= 11 is 5.42. The summed E-state index contributed by atoms with van der Waals surface area (Å²) in [7, 11) is 3.07. The number of methoxy groups -OCH3 is 2. The maximum atomic E-state index is 14.1. The molecular formula is C30H24I2N2O6S. The van der Waals surface area contributed by atoms with Crippen molar-refractivity contribution in [2.24, 2.45) is 4.99 Å². The van der Waals surface area contributed by atoms with Crippen molar-refractivity contribution >= 4 is 74.3 Å². The molecule has 1 aliphatic heterocycles. The molecule has 1 N–H and O–H groups in total. The molecule has 41 heavy (non-hydrogen) atoms. The summed E-state index contributed by atoms with van der Waals surface area (Å²) < 4.78 is 20.0. The van der Waals surface area contributed by atoms with Gasteiger partial charge in [0.2, 0.25) is 0 Å². The number of thiazole rings is 1. The van der Waals surface area contributed by atoms with E-state index in [1.807, 2.05) is 42.5 Å². The summed E-state index contributed by atoms with van der Waals surface area (Å²) in [6.45, 7) is 1.88. The second-order valence-electron chi connectivity index (χ2n) is 8.87. The highest BCUT2D eigenvalue weighted by Crippen LogP contribution is 2.38. The van der Waals surface area contributed by atoms with Crippen LogP contribution in [0.1, 0.15) is 29.7 Å². The number of carbonyl (C=O) groups is 1. The summed E-state index contributed by atoms with van der Waals surface area (Å²) in [5, 5.41) is 10.7. The van der Waals surface area contributed by atoms with E-state index < -0.39 is 12.0 Å². The summed E-state index contributed by atoms with van der Waals surface area (Å²) in [4.78, 5) is 33.0. The highest BCUT2D eigenvalue weighted by atomic mass is 127. The molecule has 210 valence electrons. The summed E-state index contributed by atoms with van der Waals surface area (Å²) in [6.07, 6.45) is 1.66. The quantitative estimate of drug-likeness (QED) is 0.212. The molecule has 0 bridgehead atoms. The number of hydrogen-bond acceptors (Lipinski definition) is 8. The van der Waals surface area contributed by atoms with Crippen molar-refractivity contribution in [3.8, 4) is 17.2 Å². The van der Waals surface area contributed by atoms with E-state index in [-0.39, 0.29) is 23.5 Å². The van der Waals surface area contributed by atoms with E-state index in [4.69, 9.17) is 19.2 Å². The first-order valence-corrected chi connectivity index (χ1v) is 15.4. The van der Waals surface area contributed by atoms with Crippen LogP contribution < -0.4 is 24.4 Å². The molecule has 8 nitrogen and oxygen atoms in total. The lowest BCUT2D eigenvalue weighted by Crippen LogP contribution is -2.40. The van der Waals surface area contributed by atoms with E-state index in [9.17, 15) is 14.7 Å². The van der Waals surface area contributed by atoms with Crippen LogP contribution in [0.2, 0.25) is 0 Å². The minimum atomic E-state index is -0.868. The number of carbonyl (C=O) groups excluding carboxylic acids is 1. The van der Waals surface area contributed by atoms with Crippen molar-refractivity contribution in [1.29, 1.82) is 0 Å². The van der Waals surface area contributed by atoms with Gasteiger partial charge in [-0.1, -0.05) is 47.7 Å². The van der Waals surface area contributed by atoms with Gasteiger partial charge >= 0.3 is 5.97 Å². The van der Waals surface area contributed by atoms with E-state index in [1.54, 1.807) is 38.3 Å². The number of phenolic OH excluding ortho intramolecular Hbond substituents is 1. The van der Waals surface area contributed by atoms with Gasteiger partial charge in [0, 0.05) is 14.7 Å². The zero-order chi connectivity index (χ0) is 29.3. The third kappa shape index (κ3) is 5.66. The monoisotopic (exact) mass is 794 g/mol. The van der Waals surface area contributed by atoms with Crippen LogP contribution in [-0.2, 0) is 9.53 Å². The molecule has 0 amide bonds. The normalized spacial score (nSPS) is 14.9. The van der Waals surface area contributed by atoms with Crippen LogP contribution in [0.4, 0.5) is 0 Å². The molecule has 0 unspecified atom stereocenters. The van der Waals surface area contributed by atoms with Gasteiger partial charge in [-0.15, -0.1) is 0 Å². The Morgan fingerprint density at radius 1 is 1.07 bits per heavy atom. The number of esters is 1. The zero-order valence-electron chi connectivity index (χ0n) is 22.2. The number of aromatic hydroxyl groups is 1. The first-order valence-electron chi connectivity index (χ1n) is 12.5. The molecule has 0 spiro atoms. The third-order valence-electron chi connectivity index (χ3n) is 6.44. The Morgan fingerprint density at radius 2 is 1.80 bits per heavy atom. The van der Waals surface area contributed by atoms with Gasteiger partial charge in [-0.05, 0) is 88.0 Å². The van der Waals surface area contributed by atoms with E-state index >= 15 is 0 Å². The van der Waals surface area contributed by atoms with Gasteiger partial charge in [-0.2, -0.15) is 0 Å². The number of nitrogens with zero attached hydrogens (tertiary/aromatic N) is 2. The van der Waals surface area contributed by atoms with Crippen LogP contribution in [0.15, 0.2) is 76.0 Å². The smallest absolute Gasteiger partial charge is 0.338 e. The van der Waals surface area contributed by atoms with Crippen molar-refractivity contribution in [3.63, 3.8) is 0 Å². The van der Waals surface area contributed by atoms with E-state index in [2.05, 4.69) is 45.2 Å². The average molecular weight is 794 g/mol. The van der Waals surface area contributed by atoms with Crippen LogP contribution in [0.3, 0.4) is 0 Å². The number of aromatic nitrogens is 1. The van der Waals surface area contributed by atoms with Gasteiger partial charge < -0.3 is 19.3 Å².